The van der Waals surface area contributed by atoms with Gasteiger partial charge in [0.2, 0.25) is 0 Å². The van der Waals surface area contributed by atoms with Gasteiger partial charge in [-0.1, -0.05) is 29.3 Å². The summed E-state index contributed by atoms with van der Waals surface area (Å²) < 4.78 is 5.42. The molecule has 2 nitrogen and oxygen atoms in total. The third kappa shape index (κ3) is 3.74. The van der Waals surface area contributed by atoms with E-state index in [1.165, 1.54) is 5.54 Å². The van der Waals surface area contributed by atoms with E-state index in [4.69, 9.17) is 33.0 Å². The minimum Gasteiger partial charge on any atom is -0.488 e. The molecule has 1 N–H and O–H groups in total. The predicted octanol–water partition coefficient (Wildman–Crippen LogP) is 3.35. The molecule has 4 heteroatoms. The fourth-order valence-electron chi connectivity index (χ4n) is 0.983. The van der Waals surface area contributed by atoms with Gasteiger partial charge in [0.05, 0.1) is 11.6 Å². The molecular formula is C11H12Cl2O2. The first-order valence-corrected chi connectivity index (χ1v) is 5.26. The smallest absolute Gasteiger partial charge is 0.138 e. The summed E-state index contributed by atoms with van der Waals surface area (Å²) in [5.41, 5.74) is 3.15. The minimum absolute atomic E-state index is 0.0272. The largest absolute Gasteiger partial charge is 0.488 e. The van der Waals surface area contributed by atoms with E-state index in [0.717, 1.165) is 11.1 Å². The first kappa shape index (κ1) is 12.4. The first-order valence-electron chi connectivity index (χ1n) is 4.45. The van der Waals surface area contributed by atoms with Gasteiger partial charge >= 0.3 is 0 Å². The zero-order valence-corrected chi connectivity index (χ0v) is 9.85. The third-order valence-corrected chi connectivity index (χ3v) is 2.49. The van der Waals surface area contributed by atoms with Gasteiger partial charge in [-0.05, 0) is 30.2 Å². The number of aliphatic hydroxyl groups is 1. The maximum absolute atomic E-state index is 8.88. The van der Waals surface area contributed by atoms with Crippen LogP contribution in [0.3, 0.4) is 0 Å². The fraction of sp³-hybridized carbons (Fsp3) is 0.273. The van der Waals surface area contributed by atoms with E-state index in [0.29, 0.717) is 17.4 Å². The molecule has 0 spiro atoms. The summed E-state index contributed by atoms with van der Waals surface area (Å²) in [5, 5.41) is 9.37. The molecule has 1 rings (SSSR count). The summed E-state index contributed by atoms with van der Waals surface area (Å²) in [6.07, 6.45) is 0. The van der Waals surface area contributed by atoms with Crippen molar-refractivity contribution in [3.63, 3.8) is 0 Å². The molecule has 0 saturated carbocycles. The molecule has 1 aromatic rings. The van der Waals surface area contributed by atoms with Crippen LogP contribution in [0, 0.1) is 0 Å². The van der Waals surface area contributed by atoms with Gasteiger partial charge in [-0.2, -0.15) is 0 Å². The van der Waals surface area contributed by atoms with Crippen molar-refractivity contribution in [1.29, 1.82) is 0 Å². The van der Waals surface area contributed by atoms with Crippen LogP contribution in [-0.2, 0) is 6.61 Å². The van der Waals surface area contributed by atoms with E-state index in [1.807, 2.05) is 6.92 Å². The molecule has 0 unspecified atom stereocenters. The van der Waals surface area contributed by atoms with Crippen LogP contribution in [0.25, 0.3) is 0 Å². The van der Waals surface area contributed by atoms with Gasteiger partial charge in [0.15, 0.2) is 0 Å². The van der Waals surface area contributed by atoms with Crippen LogP contribution >= 0.6 is 23.2 Å². The summed E-state index contributed by atoms with van der Waals surface area (Å²) in [6.45, 7) is 2.24. The Morgan fingerprint density at radius 1 is 1.53 bits per heavy atom. The van der Waals surface area contributed by atoms with Crippen molar-refractivity contribution < 1.29 is 9.84 Å². The highest BCUT2D eigenvalue weighted by Gasteiger charge is 2.02. The van der Waals surface area contributed by atoms with Crippen LogP contribution in [-0.4, -0.2) is 11.7 Å². The Bertz CT molecular complexity index is 362. The Balaban J connectivity index is 2.70. The van der Waals surface area contributed by atoms with Gasteiger partial charge in [0, 0.05) is 5.54 Å². The number of hydrogen-bond donors (Lipinski definition) is 1. The Kier molecular flexibility index (Phi) is 4.95. The number of benzene rings is 1. The molecular weight excluding hydrogens is 235 g/mol. The second kappa shape index (κ2) is 6.01. The van der Waals surface area contributed by atoms with E-state index < -0.39 is 0 Å². The van der Waals surface area contributed by atoms with Crippen molar-refractivity contribution >= 4 is 23.2 Å². The zero-order valence-electron chi connectivity index (χ0n) is 8.34. The van der Waals surface area contributed by atoms with Crippen molar-refractivity contribution in [3.05, 3.63) is 39.9 Å². The summed E-state index contributed by atoms with van der Waals surface area (Å²) in [5.74, 6) is 0.590. The van der Waals surface area contributed by atoms with E-state index in [9.17, 15) is 0 Å². The van der Waals surface area contributed by atoms with Crippen molar-refractivity contribution in [1.82, 2.24) is 0 Å². The fourth-order valence-corrected chi connectivity index (χ4v) is 1.30. The summed E-state index contributed by atoms with van der Waals surface area (Å²) >= 11 is 11.4. The van der Waals surface area contributed by atoms with Crippen LogP contribution in [0.15, 0.2) is 29.3 Å². The molecule has 1 aromatic carbocycles. The van der Waals surface area contributed by atoms with Gasteiger partial charge in [0.25, 0.3) is 0 Å². The Labute approximate surface area is 99.1 Å². The van der Waals surface area contributed by atoms with Gasteiger partial charge in [-0.3, -0.25) is 0 Å². The maximum atomic E-state index is 8.88. The van der Waals surface area contributed by atoms with Crippen molar-refractivity contribution in [2.45, 2.75) is 13.5 Å². The van der Waals surface area contributed by atoms with Crippen LogP contribution < -0.4 is 4.74 Å². The lowest BCUT2D eigenvalue weighted by molar-refractivity contribution is 0.281. The average Bonchev–Trinajstić information content (AvgIpc) is 2.26. The standard InChI is InChI=1S/C11H12Cl2O2/c1-8(5-12)7-15-11-3-2-9(6-14)4-10(11)13/h2-5,14H,6-7H2,1H3/b8-5-. The lowest BCUT2D eigenvalue weighted by Gasteiger charge is -2.08. The van der Waals surface area contributed by atoms with E-state index in [-0.39, 0.29) is 6.61 Å². The Hall–Kier alpha value is -0.700. The van der Waals surface area contributed by atoms with Gasteiger partial charge in [0.1, 0.15) is 12.4 Å². The van der Waals surface area contributed by atoms with Gasteiger partial charge < -0.3 is 9.84 Å². The molecule has 0 fully saturated rings. The third-order valence-electron chi connectivity index (χ3n) is 1.82. The lowest BCUT2D eigenvalue weighted by atomic mass is 10.2. The molecule has 0 atom stereocenters. The molecule has 0 aliphatic carbocycles. The number of halogens is 2. The highest BCUT2D eigenvalue weighted by Crippen LogP contribution is 2.25. The van der Waals surface area contributed by atoms with Crippen molar-refractivity contribution in [2.24, 2.45) is 0 Å². The van der Waals surface area contributed by atoms with Crippen LogP contribution in [0.5, 0.6) is 5.75 Å². The summed E-state index contributed by atoms with van der Waals surface area (Å²) in [7, 11) is 0. The highest BCUT2D eigenvalue weighted by atomic mass is 35.5. The molecule has 0 heterocycles. The van der Waals surface area contributed by atoms with Gasteiger partial charge in [-0.25, -0.2) is 0 Å². The van der Waals surface area contributed by atoms with Crippen molar-refractivity contribution in [2.75, 3.05) is 6.61 Å². The molecule has 0 aromatic heterocycles. The van der Waals surface area contributed by atoms with E-state index in [2.05, 4.69) is 0 Å². The van der Waals surface area contributed by atoms with Crippen LogP contribution in [0.4, 0.5) is 0 Å². The van der Waals surface area contributed by atoms with Crippen LogP contribution in [0.1, 0.15) is 12.5 Å². The average molecular weight is 247 g/mol. The molecule has 15 heavy (non-hydrogen) atoms. The first-order chi connectivity index (χ1) is 7.17. The normalized spacial score (nSPS) is 11.6. The topological polar surface area (TPSA) is 29.5 Å². The van der Waals surface area contributed by atoms with Crippen molar-refractivity contribution in [3.8, 4) is 5.75 Å². The molecule has 82 valence electrons. The lowest BCUT2D eigenvalue weighted by Crippen LogP contribution is -1.99. The molecule has 0 saturated heterocycles. The maximum Gasteiger partial charge on any atom is 0.138 e. The monoisotopic (exact) mass is 246 g/mol. The van der Waals surface area contributed by atoms with E-state index >= 15 is 0 Å². The number of rotatable bonds is 4. The molecule has 0 radical (unpaired) electrons. The second-order valence-electron chi connectivity index (χ2n) is 3.17. The minimum atomic E-state index is -0.0272. The molecule has 0 aliphatic rings. The van der Waals surface area contributed by atoms with E-state index in [1.54, 1.807) is 18.2 Å². The SMILES string of the molecule is C/C(=C/Cl)COc1ccc(CO)cc1Cl. The number of hydrogen-bond acceptors (Lipinski definition) is 2. The van der Waals surface area contributed by atoms with Gasteiger partial charge in [-0.15, -0.1) is 0 Å². The summed E-state index contributed by atoms with van der Waals surface area (Å²) in [4.78, 5) is 0. The highest BCUT2D eigenvalue weighted by molar-refractivity contribution is 6.32. The summed E-state index contributed by atoms with van der Waals surface area (Å²) in [6, 6.07) is 5.17. The quantitative estimate of drug-likeness (QED) is 0.883. The molecule has 0 amide bonds. The number of ether oxygens (including phenoxy) is 1. The Morgan fingerprint density at radius 3 is 2.80 bits per heavy atom. The molecule has 0 aliphatic heterocycles. The zero-order chi connectivity index (χ0) is 11.3. The Morgan fingerprint density at radius 2 is 2.27 bits per heavy atom. The number of aliphatic hydroxyl groups excluding tert-OH is 1. The molecule has 0 bridgehead atoms. The predicted molar refractivity (Wildman–Crippen MR) is 62.5 cm³/mol. The second-order valence-corrected chi connectivity index (χ2v) is 3.79. The van der Waals surface area contributed by atoms with Crippen LogP contribution in [0.2, 0.25) is 5.02 Å².